The van der Waals surface area contributed by atoms with Crippen LogP contribution in [-0.2, 0) is 0 Å². The van der Waals surface area contributed by atoms with Gasteiger partial charge in [-0.05, 0) is 35.7 Å². The van der Waals surface area contributed by atoms with Crippen molar-refractivity contribution in [2.24, 2.45) is 0 Å². The first-order valence-corrected chi connectivity index (χ1v) is 7.38. The van der Waals surface area contributed by atoms with Crippen LogP contribution in [0.5, 0.6) is 0 Å². The lowest BCUT2D eigenvalue weighted by molar-refractivity contribution is 0.643. The molecule has 0 radical (unpaired) electrons. The fraction of sp³-hybridized carbons (Fsp3) is 0.188. The zero-order valence-corrected chi connectivity index (χ0v) is 11.7. The lowest BCUT2D eigenvalue weighted by Gasteiger charge is -2.18. The highest BCUT2D eigenvalue weighted by molar-refractivity contribution is 7.10. The first kappa shape index (κ1) is 12.3. The minimum atomic E-state index is 0.248. The Morgan fingerprint density at radius 1 is 1.16 bits per heavy atom. The van der Waals surface area contributed by atoms with Crippen molar-refractivity contribution in [3.8, 4) is 0 Å². The Hall–Kier alpha value is -1.71. The summed E-state index contributed by atoms with van der Waals surface area (Å²) in [6, 6.07) is 15.0. The molecule has 3 rings (SSSR count). The van der Waals surface area contributed by atoms with Gasteiger partial charge in [-0.25, -0.2) is 0 Å². The Bertz CT molecular complexity index is 656. The van der Waals surface area contributed by atoms with E-state index in [1.54, 1.807) is 11.3 Å². The zero-order chi connectivity index (χ0) is 13.1. The van der Waals surface area contributed by atoms with Crippen molar-refractivity contribution < 1.29 is 0 Å². The lowest BCUT2D eigenvalue weighted by Crippen LogP contribution is -2.21. The molecule has 2 aromatic heterocycles. The summed E-state index contributed by atoms with van der Waals surface area (Å²) < 4.78 is 0. The Balaban J connectivity index is 2.15. The van der Waals surface area contributed by atoms with E-state index in [4.69, 9.17) is 0 Å². The fourth-order valence-electron chi connectivity index (χ4n) is 2.39. The molecule has 1 N–H and O–H groups in total. The predicted octanol–water partition coefficient (Wildman–Crippen LogP) is 4.00. The van der Waals surface area contributed by atoms with E-state index in [9.17, 15) is 0 Å². The third-order valence-corrected chi connectivity index (χ3v) is 4.17. The minimum absolute atomic E-state index is 0.248. The molecule has 2 nitrogen and oxygen atoms in total. The molecule has 0 fully saturated rings. The van der Waals surface area contributed by atoms with E-state index in [2.05, 4.69) is 59.0 Å². The number of nitrogens with one attached hydrogen (secondary N) is 1. The van der Waals surface area contributed by atoms with Gasteiger partial charge >= 0.3 is 0 Å². The summed E-state index contributed by atoms with van der Waals surface area (Å²) in [7, 11) is 0. The summed E-state index contributed by atoms with van der Waals surface area (Å²) in [5.74, 6) is 0. The molecule has 1 atom stereocenters. The Labute approximate surface area is 117 Å². The lowest BCUT2D eigenvalue weighted by atomic mass is 10.0. The van der Waals surface area contributed by atoms with Crippen molar-refractivity contribution in [2.75, 3.05) is 6.54 Å². The average molecular weight is 268 g/mol. The smallest absolute Gasteiger partial charge is 0.0705 e. The third-order valence-electron chi connectivity index (χ3n) is 3.23. The van der Waals surface area contributed by atoms with E-state index in [1.807, 2.05) is 12.3 Å². The number of thiophene rings is 1. The number of fused-ring (bicyclic) bond motifs is 1. The van der Waals surface area contributed by atoms with Gasteiger partial charge in [0.15, 0.2) is 0 Å². The van der Waals surface area contributed by atoms with Crippen LogP contribution in [0.1, 0.15) is 23.4 Å². The number of hydrogen-bond donors (Lipinski definition) is 1. The minimum Gasteiger partial charge on any atom is -0.306 e. The van der Waals surface area contributed by atoms with Gasteiger partial charge in [-0.3, -0.25) is 4.98 Å². The summed E-state index contributed by atoms with van der Waals surface area (Å²) in [6.07, 6.45) is 1.90. The summed E-state index contributed by atoms with van der Waals surface area (Å²) >= 11 is 1.79. The molecular formula is C16H16N2S. The van der Waals surface area contributed by atoms with Crippen LogP contribution in [0, 0.1) is 0 Å². The van der Waals surface area contributed by atoms with Crippen LogP contribution in [0.2, 0.25) is 0 Å². The normalized spacial score (nSPS) is 12.7. The molecular weight excluding hydrogens is 252 g/mol. The molecule has 0 spiro atoms. The number of pyridine rings is 1. The van der Waals surface area contributed by atoms with Crippen molar-refractivity contribution in [2.45, 2.75) is 13.0 Å². The maximum Gasteiger partial charge on any atom is 0.0705 e. The average Bonchev–Trinajstić information content (AvgIpc) is 2.98. The molecule has 0 amide bonds. The van der Waals surface area contributed by atoms with E-state index < -0.39 is 0 Å². The first-order chi connectivity index (χ1) is 9.40. The van der Waals surface area contributed by atoms with Crippen LogP contribution in [0.3, 0.4) is 0 Å². The van der Waals surface area contributed by atoms with Gasteiger partial charge in [0.2, 0.25) is 0 Å². The van der Waals surface area contributed by atoms with E-state index >= 15 is 0 Å². The summed E-state index contributed by atoms with van der Waals surface area (Å²) in [4.78, 5) is 5.79. The fourth-order valence-corrected chi connectivity index (χ4v) is 3.21. The van der Waals surface area contributed by atoms with Crippen LogP contribution in [0.25, 0.3) is 10.9 Å². The topological polar surface area (TPSA) is 24.9 Å². The van der Waals surface area contributed by atoms with Crippen LogP contribution in [0.15, 0.2) is 54.0 Å². The van der Waals surface area contributed by atoms with Crippen molar-refractivity contribution in [3.63, 3.8) is 0 Å². The summed E-state index contributed by atoms with van der Waals surface area (Å²) in [6.45, 7) is 3.09. The van der Waals surface area contributed by atoms with E-state index in [0.717, 1.165) is 12.1 Å². The highest BCUT2D eigenvalue weighted by Crippen LogP contribution is 2.30. The SMILES string of the molecule is CCNC(c1cccs1)c1ccnc2ccccc12. The molecule has 3 heteroatoms. The number of rotatable bonds is 4. The number of para-hydroxylation sites is 1. The van der Waals surface area contributed by atoms with Gasteiger partial charge in [0.05, 0.1) is 11.6 Å². The van der Waals surface area contributed by atoms with Crippen molar-refractivity contribution in [1.82, 2.24) is 10.3 Å². The van der Waals surface area contributed by atoms with Gasteiger partial charge in [0.1, 0.15) is 0 Å². The zero-order valence-electron chi connectivity index (χ0n) is 10.8. The Morgan fingerprint density at radius 3 is 2.84 bits per heavy atom. The molecule has 1 aromatic carbocycles. The van der Waals surface area contributed by atoms with Crippen LogP contribution in [0.4, 0.5) is 0 Å². The monoisotopic (exact) mass is 268 g/mol. The third kappa shape index (κ3) is 2.39. The molecule has 0 bridgehead atoms. The van der Waals surface area contributed by atoms with Crippen molar-refractivity contribution in [1.29, 1.82) is 0 Å². The maximum absolute atomic E-state index is 4.44. The van der Waals surface area contributed by atoms with Crippen molar-refractivity contribution in [3.05, 3.63) is 64.5 Å². The second-order valence-electron chi connectivity index (χ2n) is 4.42. The Kier molecular flexibility index (Phi) is 3.58. The molecule has 19 heavy (non-hydrogen) atoms. The molecule has 3 aromatic rings. The Morgan fingerprint density at radius 2 is 2.05 bits per heavy atom. The van der Waals surface area contributed by atoms with E-state index in [0.29, 0.717) is 0 Å². The number of aromatic nitrogens is 1. The number of hydrogen-bond acceptors (Lipinski definition) is 3. The van der Waals surface area contributed by atoms with E-state index in [1.165, 1.54) is 15.8 Å². The van der Waals surface area contributed by atoms with Gasteiger partial charge < -0.3 is 5.32 Å². The molecule has 96 valence electrons. The van der Waals surface area contributed by atoms with Crippen LogP contribution in [-0.4, -0.2) is 11.5 Å². The molecule has 2 heterocycles. The molecule has 0 aliphatic carbocycles. The second kappa shape index (κ2) is 5.51. The molecule has 0 aliphatic rings. The van der Waals surface area contributed by atoms with Gasteiger partial charge in [-0.2, -0.15) is 0 Å². The highest BCUT2D eigenvalue weighted by Gasteiger charge is 2.16. The van der Waals surface area contributed by atoms with Crippen molar-refractivity contribution >= 4 is 22.2 Å². The number of benzene rings is 1. The predicted molar refractivity (Wildman–Crippen MR) is 81.6 cm³/mol. The van der Waals surface area contributed by atoms with Gasteiger partial charge in [0.25, 0.3) is 0 Å². The largest absolute Gasteiger partial charge is 0.306 e. The van der Waals surface area contributed by atoms with Crippen LogP contribution < -0.4 is 5.32 Å². The quantitative estimate of drug-likeness (QED) is 0.773. The van der Waals surface area contributed by atoms with E-state index in [-0.39, 0.29) is 6.04 Å². The standard InChI is InChI=1S/C16H16N2S/c1-2-17-16(15-8-5-11-19-15)13-9-10-18-14-7-4-3-6-12(13)14/h3-11,16-17H,2H2,1H3. The first-order valence-electron chi connectivity index (χ1n) is 6.50. The molecule has 0 saturated heterocycles. The molecule has 1 unspecified atom stereocenters. The number of nitrogens with zero attached hydrogens (tertiary/aromatic N) is 1. The second-order valence-corrected chi connectivity index (χ2v) is 5.40. The highest BCUT2D eigenvalue weighted by atomic mass is 32.1. The van der Waals surface area contributed by atoms with Crippen LogP contribution >= 0.6 is 11.3 Å². The van der Waals surface area contributed by atoms with Gasteiger partial charge in [-0.15, -0.1) is 11.3 Å². The maximum atomic E-state index is 4.44. The molecule has 0 saturated carbocycles. The summed E-state index contributed by atoms with van der Waals surface area (Å²) in [5, 5.41) is 6.93. The van der Waals surface area contributed by atoms with Gasteiger partial charge in [0, 0.05) is 16.5 Å². The summed E-state index contributed by atoms with van der Waals surface area (Å²) in [5.41, 5.74) is 2.36. The molecule has 0 aliphatic heterocycles. The van der Waals surface area contributed by atoms with Gasteiger partial charge in [-0.1, -0.05) is 31.2 Å².